The van der Waals surface area contributed by atoms with Crippen LogP contribution in [0.25, 0.3) is 0 Å². The highest BCUT2D eigenvalue weighted by Gasteiger charge is 2.19. The van der Waals surface area contributed by atoms with Crippen molar-refractivity contribution in [1.82, 2.24) is 10.5 Å². The minimum atomic E-state index is -0.875. The lowest BCUT2D eigenvalue weighted by Gasteiger charge is -2.16. The van der Waals surface area contributed by atoms with Crippen LogP contribution >= 0.6 is 0 Å². The average molecular weight is 427 g/mol. The molecule has 0 spiro atoms. The third-order valence-electron chi connectivity index (χ3n) is 5.42. The van der Waals surface area contributed by atoms with E-state index in [-0.39, 0.29) is 12.5 Å². The van der Waals surface area contributed by atoms with E-state index in [0.717, 1.165) is 30.5 Å². The maximum atomic E-state index is 12.5. The number of carbonyl (C=O) groups is 2. The Labute approximate surface area is 182 Å². The average Bonchev–Trinajstić information content (AvgIpc) is 3.10. The minimum Gasteiger partial charge on any atom is -0.489 e. The molecule has 0 radical (unpaired) electrons. The molecule has 0 saturated carbocycles. The third-order valence-corrected chi connectivity index (χ3v) is 5.42. The molecule has 1 N–H and O–H groups in total. The highest BCUT2D eigenvalue weighted by atomic mass is 16.5. The van der Waals surface area contributed by atoms with Gasteiger partial charge in [-0.2, -0.15) is 0 Å². The maximum Gasteiger partial charge on any atom is 0.339 e. The summed E-state index contributed by atoms with van der Waals surface area (Å²) in [5.74, 6) is 0.357. The first-order valence-corrected chi connectivity index (χ1v) is 10.7. The minimum absolute atomic E-state index is 0.287. The largest absolute Gasteiger partial charge is 0.489 e. The molecular formula is C24H30N2O5. The molecule has 0 saturated heterocycles. The van der Waals surface area contributed by atoms with Crippen molar-refractivity contribution in [2.75, 3.05) is 6.54 Å². The van der Waals surface area contributed by atoms with E-state index in [0.29, 0.717) is 23.6 Å². The molecule has 0 unspecified atom stereocenters. The Morgan fingerprint density at radius 1 is 1.26 bits per heavy atom. The van der Waals surface area contributed by atoms with Crippen LogP contribution in [0.15, 0.2) is 40.4 Å². The fourth-order valence-corrected chi connectivity index (χ4v) is 3.48. The summed E-state index contributed by atoms with van der Waals surface area (Å²) in [5.41, 5.74) is 3.36. The van der Waals surface area contributed by atoms with Crippen molar-refractivity contribution >= 4 is 11.9 Å². The zero-order chi connectivity index (χ0) is 22.2. The van der Waals surface area contributed by atoms with E-state index in [1.54, 1.807) is 31.2 Å². The molecular weight excluding hydrogens is 396 g/mol. The predicted molar refractivity (Wildman–Crippen MR) is 116 cm³/mol. The number of ether oxygens (including phenoxy) is 2. The standard InChI is InChI=1S/C24H30N2O5/c1-16-22(17(2)31-26-16)15-29-21-11-7-10-20(14-21)24(28)30-18(3)23(27)25-13-12-19-8-5-4-6-9-19/h7-8,10-11,14,18H,4-6,9,12-13,15H2,1-3H3,(H,25,27)/t18-/m0/s1. The van der Waals surface area contributed by atoms with Crippen molar-refractivity contribution in [3.63, 3.8) is 0 Å². The topological polar surface area (TPSA) is 90.7 Å². The van der Waals surface area contributed by atoms with Crippen LogP contribution in [-0.2, 0) is 16.1 Å². The lowest BCUT2D eigenvalue weighted by molar-refractivity contribution is -0.129. The van der Waals surface area contributed by atoms with Crippen LogP contribution in [0.3, 0.4) is 0 Å². The summed E-state index contributed by atoms with van der Waals surface area (Å²) in [6.45, 7) is 6.09. The molecule has 2 aromatic rings. The molecule has 0 fully saturated rings. The number of hydrogen-bond donors (Lipinski definition) is 1. The molecule has 1 aromatic heterocycles. The van der Waals surface area contributed by atoms with Gasteiger partial charge in [-0.3, -0.25) is 4.79 Å². The van der Waals surface area contributed by atoms with Gasteiger partial charge in [-0.1, -0.05) is 22.9 Å². The van der Waals surface area contributed by atoms with Crippen molar-refractivity contribution in [2.45, 2.75) is 65.6 Å². The van der Waals surface area contributed by atoms with Gasteiger partial charge in [0.2, 0.25) is 0 Å². The summed E-state index contributed by atoms with van der Waals surface area (Å²) in [6, 6.07) is 6.69. The van der Waals surface area contributed by atoms with Gasteiger partial charge in [0.1, 0.15) is 18.1 Å². The maximum absolute atomic E-state index is 12.5. The summed E-state index contributed by atoms with van der Waals surface area (Å²) < 4.78 is 16.2. The first-order chi connectivity index (χ1) is 14.9. The summed E-state index contributed by atoms with van der Waals surface area (Å²) >= 11 is 0. The van der Waals surface area contributed by atoms with Crippen LogP contribution in [-0.4, -0.2) is 29.7 Å². The van der Waals surface area contributed by atoms with Gasteiger partial charge in [0.15, 0.2) is 6.10 Å². The SMILES string of the molecule is Cc1noc(C)c1COc1cccc(C(=O)O[C@@H](C)C(=O)NCCC2=CCCCC2)c1. The van der Waals surface area contributed by atoms with E-state index < -0.39 is 12.1 Å². The number of nitrogens with zero attached hydrogens (tertiary/aromatic N) is 1. The highest BCUT2D eigenvalue weighted by molar-refractivity contribution is 5.92. The van der Waals surface area contributed by atoms with Gasteiger partial charge in [0, 0.05) is 6.54 Å². The van der Waals surface area contributed by atoms with E-state index in [2.05, 4.69) is 16.5 Å². The number of benzene rings is 1. The predicted octanol–water partition coefficient (Wildman–Crippen LogP) is 4.42. The Morgan fingerprint density at radius 3 is 2.81 bits per heavy atom. The molecule has 1 aliphatic carbocycles. The fraction of sp³-hybridized carbons (Fsp3) is 0.458. The molecule has 31 heavy (non-hydrogen) atoms. The Kier molecular flexibility index (Phi) is 7.87. The fourth-order valence-electron chi connectivity index (χ4n) is 3.48. The summed E-state index contributed by atoms with van der Waals surface area (Å²) in [4.78, 5) is 24.8. The molecule has 1 atom stereocenters. The van der Waals surface area contributed by atoms with Crippen LogP contribution in [0.1, 0.15) is 66.4 Å². The lowest BCUT2D eigenvalue weighted by atomic mass is 9.97. The van der Waals surface area contributed by atoms with Crippen LogP contribution in [0.5, 0.6) is 5.75 Å². The first-order valence-electron chi connectivity index (χ1n) is 10.7. The molecule has 1 aromatic carbocycles. The van der Waals surface area contributed by atoms with Crippen LogP contribution < -0.4 is 10.1 Å². The number of carbonyl (C=O) groups excluding carboxylic acids is 2. The van der Waals surface area contributed by atoms with Gasteiger partial charge >= 0.3 is 5.97 Å². The van der Waals surface area contributed by atoms with E-state index in [1.807, 2.05) is 13.8 Å². The van der Waals surface area contributed by atoms with Gasteiger partial charge < -0.3 is 19.3 Å². The van der Waals surface area contributed by atoms with Crippen molar-refractivity contribution in [3.05, 3.63) is 58.5 Å². The van der Waals surface area contributed by atoms with E-state index >= 15 is 0 Å². The highest BCUT2D eigenvalue weighted by Crippen LogP contribution is 2.20. The number of amides is 1. The monoisotopic (exact) mass is 426 g/mol. The normalized spacial score (nSPS) is 14.5. The second kappa shape index (κ2) is 10.8. The van der Waals surface area contributed by atoms with Crippen LogP contribution in [0.4, 0.5) is 0 Å². The van der Waals surface area contributed by atoms with Gasteiger partial charge in [-0.25, -0.2) is 4.79 Å². The van der Waals surface area contributed by atoms with E-state index in [4.69, 9.17) is 14.0 Å². The lowest BCUT2D eigenvalue weighted by Crippen LogP contribution is -2.36. The summed E-state index contributed by atoms with van der Waals surface area (Å²) in [6.07, 6.45) is 6.92. The molecule has 0 bridgehead atoms. The summed E-state index contributed by atoms with van der Waals surface area (Å²) in [7, 11) is 0. The van der Waals surface area contributed by atoms with E-state index in [1.165, 1.54) is 18.4 Å². The Hall–Kier alpha value is -3.09. The summed E-state index contributed by atoms with van der Waals surface area (Å²) in [5, 5.41) is 6.75. The molecule has 7 heteroatoms. The second-order valence-corrected chi connectivity index (χ2v) is 7.82. The molecule has 3 rings (SSSR count). The number of aryl methyl sites for hydroxylation is 2. The molecule has 1 aliphatic rings. The number of hydrogen-bond acceptors (Lipinski definition) is 6. The smallest absolute Gasteiger partial charge is 0.339 e. The van der Waals surface area contributed by atoms with E-state index in [9.17, 15) is 9.59 Å². The van der Waals surface area contributed by atoms with Crippen molar-refractivity contribution < 1.29 is 23.6 Å². The van der Waals surface area contributed by atoms with Crippen molar-refractivity contribution in [2.24, 2.45) is 0 Å². The van der Waals surface area contributed by atoms with Crippen LogP contribution in [0.2, 0.25) is 0 Å². The zero-order valence-corrected chi connectivity index (χ0v) is 18.4. The van der Waals surface area contributed by atoms with Gasteiger partial charge in [-0.15, -0.1) is 0 Å². The van der Waals surface area contributed by atoms with Gasteiger partial charge in [0.25, 0.3) is 5.91 Å². The number of rotatable bonds is 9. The van der Waals surface area contributed by atoms with Gasteiger partial charge in [0.05, 0.1) is 16.8 Å². The Bertz CT molecular complexity index is 928. The zero-order valence-electron chi connectivity index (χ0n) is 18.4. The molecule has 0 aliphatic heterocycles. The number of aromatic nitrogens is 1. The third kappa shape index (κ3) is 6.44. The molecule has 1 amide bonds. The number of nitrogens with one attached hydrogen (secondary N) is 1. The first kappa shape index (κ1) is 22.6. The Morgan fingerprint density at radius 2 is 2.10 bits per heavy atom. The van der Waals surface area contributed by atoms with Gasteiger partial charge in [-0.05, 0) is 71.1 Å². The number of esters is 1. The quantitative estimate of drug-likeness (QED) is 0.471. The Balaban J connectivity index is 1.48. The van der Waals surface area contributed by atoms with Crippen molar-refractivity contribution in [3.8, 4) is 5.75 Å². The second-order valence-electron chi connectivity index (χ2n) is 7.82. The molecule has 1 heterocycles. The number of allylic oxidation sites excluding steroid dienone is 1. The van der Waals surface area contributed by atoms with Crippen molar-refractivity contribution in [1.29, 1.82) is 0 Å². The molecule has 166 valence electrons. The van der Waals surface area contributed by atoms with Crippen LogP contribution in [0, 0.1) is 13.8 Å². The molecule has 7 nitrogen and oxygen atoms in total.